The zero-order chi connectivity index (χ0) is 22.6. The van der Waals surface area contributed by atoms with E-state index in [2.05, 4.69) is 20.8 Å². The molecule has 3 rings (SSSR count). The van der Waals surface area contributed by atoms with E-state index < -0.39 is 26.5 Å². The van der Waals surface area contributed by atoms with Crippen molar-refractivity contribution in [2.75, 3.05) is 6.54 Å². The average Bonchev–Trinajstić information content (AvgIpc) is 3.33. The first-order chi connectivity index (χ1) is 14.9. The number of carbonyl (C=O) groups is 2. The van der Waals surface area contributed by atoms with E-state index in [4.69, 9.17) is 21.7 Å². The van der Waals surface area contributed by atoms with Crippen molar-refractivity contribution < 1.29 is 18.4 Å². The fourth-order valence-electron chi connectivity index (χ4n) is 4.29. The van der Waals surface area contributed by atoms with E-state index >= 15 is 0 Å². The summed E-state index contributed by atoms with van der Waals surface area (Å²) < 4.78 is 11.8. The van der Waals surface area contributed by atoms with Crippen molar-refractivity contribution in [3.63, 3.8) is 0 Å². The molecule has 31 heavy (non-hydrogen) atoms. The van der Waals surface area contributed by atoms with Crippen molar-refractivity contribution in [3.05, 3.63) is 54.5 Å². The van der Waals surface area contributed by atoms with Gasteiger partial charge in [-0.3, -0.25) is 4.79 Å². The molecule has 0 aliphatic carbocycles. The number of nitrogens with zero attached hydrogens (tertiary/aromatic N) is 2. The highest BCUT2D eigenvalue weighted by atomic mass is 32.1. The molecule has 0 N–H and O–H groups in total. The number of hydrogen-bond acceptors (Lipinski definition) is 5. The molecule has 2 heterocycles. The van der Waals surface area contributed by atoms with E-state index in [9.17, 15) is 9.59 Å². The number of rotatable bonds is 9. The maximum atomic E-state index is 13.8. The minimum atomic E-state index is -2.07. The van der Waals surface area contributed by atoms with Gasteiger partial charge in [0, 0.05) is 0 Å². The molecule has 0 spiro atoms. The first-order valence-corrected chi connectivity index (χ1v) is 14.0. The van der Waals surface area contributed by atoms with E-state index in [0.717, 1.165) is 18.1 Å². The standard InChI is InChI=1S/C23H32N2O4SSi/c1-5-16-25(30,18-13-10-9-11-14-18)23(27)24-20(19-15-12-17-28-19)21(22(24)26)29-31(6-2,7-3)8-4/h9-15,17,20-21H,5-8,16H2,1-4H3/t20-,21+,25?/m0/s1. The second-order valence-corrected chi connectivity index (χ2v) is 13.4. The van der Waals surface area contributed by atoms with Crippen LogP contribution in [0.25, 0.3) is 0 Å². The highest BCUT2D eigenvalue weighted by Crippen LogP contribution is 2.42. The number of urea groups is 1. The van der Waals surface area contributed by atoms with Gasteiger partial charge in [0.2, 0.25) is 0 Å². The summed E-state index contributed by atoms with van der Waals surface area (Å²) in [4.78, 5) is 28.3. The summed E-state index contributed by atoms with van der Waals surface area (Å²) >= 11 is 5.85. The number of amides is 3. The summed E-state index contributed by atoms with van der Waals surface area (Å²) in [6.07, 6.45) is 1.55. The molecule has 0 bridgehead atoms. The zero-order valence-electron chi connectivity index (χ0n) is 18.7. The maximum absolute atomic E-state index is 13.8. The van der Waals surface area contributed by atoms with Crippen LogP contribution in [0.1, 0.15) is 45.9 Å². The topological polar surface area (TPSA) is 59.8 Å². The number of quaternary nitrogens is 1. The van der Waals surface area contributed by atoms with Gasteiger partial charge < -0.3 is 25.5 Å². The van der Waals surface area contributed by atoms with Gasteiger partial charge in [-0.2, -0.15) is 0 Å². The van der Waals surface area contributed by atoms with Crippen LogP contribution in [0.3, 0.4) is 0 Å². The SMILES string of the molecule is CCC[N+]([S-])(C(=O)N1C(=O)[C@H](O[Si](CC)(CC)CC)[C@@H]1c1ccco1)c1ccccc1. The highest BCUT2D eigenvalue weighted by molar-refractivity contribution is 7.59. The van der Waals surface area contributed by atoms with Crippen LogP contribution < -0.4 is 3.89 Å². The minimum Gasteiger partial charge on any atom is -0.477 e. The van der Waals surface area contributed by atoms with E-state index in [0.29, 0.717) is 24.4 Å². The molecule has 3 amide bonds. The lowest BCUT2D eigenvalue weighted by Gasteiger charge is -2.51. The van der Waals surface area contributed by atoms with Gasteiger partial charge in [0.05, 0.1) is 12.8 Å². The van der Waals surface area contributed by atoms with Crippen molar-refractivity contribution in [3.8, 4) is 0 Å². The summed E-state index contributed by atoms with van der Waals surface area (Å²) in [5.74, 6) is 0.230. The number of hydrogen-bond donors (Lipinski definition) is 0. The first kappa shape index (κ1) is 23.8. The lowest BCUT2D eigenvalue weighted by molar-refractivity contribution is -0.160. The largest absolute Gasteiger partial charge is 0.477 e. The van der Waals surface area contributed by atoms with Gasteiger partial charge in [-0.25, -0.2) is 9.69 Å². The van der Waals surface area contributed by atoms with Crippen molar-refractivity contribution in [2.45, 2.75) is 64.4 Å². The molecule has 3 atom stereocenters. The monoisotopic (exact) mass is 460 g/mol. The van der Waals surface area contributed by atoms with Gasteiger partial charge in [0.15, 0.2) is 14.4 Å². The van der Waals surface area contributed by atoms with Crippen LogP contribution in [-0.2, 0) is 22.0 Å². The molecule has 8 heteroatoms. The molecular weight excluding hydrogens is 428 g/mol. The molecule has 0 saturated carbocycles. The Hall–Kier alpha value is -1.87. The summed E-state index contributed by atoms with van der Waals surface area (Å²) in [7, 11) is -2.07. The third kappa shape index (κ3) is 4.26. The van der Waals surface area contributed by atoms with E-state index in [1.165, 1.54) is 4.90 Å². The number of β-lactam (4-membered cyclic amide) rings is 1. The fraction of sp³-hybridized carbons (Fsp3) is 0.478. The van der Waals surface area contributed by atoms with Crippen LogP contribution in [0.2, 0.25) is 18.1 Å². The van der Waals surface area contributed by atoms with Crippen LogP contribution in [0.15, 0.2) is 53.1 Å². The molecule has 1 aromatic carbocycles. The quantitative estimate of drug-likeness (QED) is 0.212. The molecule has 1 aliphatic heterocycles. The highest BCUT2D eigenvalue weighted by Gasteiger charge is 2.59. The number of likely N-dealkylation sites (tertiary alicyclic amines) is 1. The Morgan fingerprint density at radius 1 is 1.10 bits per heavy atom. The molecule has 0 radical (unpaired) electrons. The number of carbonyl (C=O) groups excluding carboxylic acids is 2. The van der Waals surface area contributed by atoms with Crippen molar-refractivity contribution in [2.24, 2.45) is 0 Å². The van der Waals surface area contributed by atoms with Gasteiger partial charge in [0.1, 0.15) is 17.5 Å². The Morgan fingerprint density at radius 2 is 1.74 bits per heavy atom. The third-order valence-electron chi connectivity index (χ3n) is 6.42. The molecule has 168 valence electrons. The predicted molar refractivity (Wildman–Crippen MR) is 127 cm³/mol. The van der Waals surface area contributed by atoms with Gasteiger partial charge in [-0.15, -0.1) is 0 Å². The summed E-state index contributed by atoms with van der Waals surface area (Å²) in [5.41, 5.74) is 0.680. The van der Waals surface area contributed by atoms with Gasteiger partial charge in [0.25, 0.3) is 5.91 Å². The summed E-state index contributed by atoms with van der Waals surface area (Å²) in [6.45, 7) is 8.75. The fourth-order valence-corrected chi connectivity index (χ4v) is 7.45. The minimum absolute atomic E-state index is 0.321. The van der Waals surface area contributed by atoms with Crippen LogP contribution in [-0.4, -0.2) is 37.8 Å². The van der Waals surface area contributed by atoms with E-state index in [1.807, 2.05) is 37.3 Å². The van der Waals surface area contributed by atoms with Crippen LogP contribution >= 0.6 is 0 Å². The Morgan fingerprint density at radius 3 is 2.26 bits per heavy atom. The Bertz CT molecular complexity index is 880. The Kier molecular flexibility index (Phi) is 7.46. The average molecular weight is 461 g/mol. The van der Waals surface area contributed by atoms with Crippen molar-refractivity contribution in [1.82, 2.24) is 8.79 Å². The summed E-state index contributed by atoms with van der Waals surface area (Å²) in [5, 5.41) is 0. The molecule has 1 aromatic heterocycles. The number of benzene rings is 1. The third-order valence-corrected chi connectivity index (χ3v) is 11.6. The molecule has 1 aliphatic rings. The van der Waals surface area contributed by atoms with Crippen LogP contribution in [0.5, 0.6) is 0 Å². The van der Waals surface area contributed by atoms with E-state index in [-0.39, 0.29) is 9.80 Å². The lowest BCUT2D eigenvalue weighted by atomic mass is 9.96. The Balaban J connectivity index is 1.98. The molecule has 1 fully saturated rings. The summed E-state index contributed by atoms with van der Waals surface area (Å²) in [6, 6.07) is 14.6. The normalized spacial score (nSPS) is 20.9. The van der Waals surface area contributed by atoms with Crippen LogP contribution in [0, 0.1) is 0 Å². The molecule has 1 saturated heterocycles. The number of para-hydroxylation sites is 1. The Labute approximate surface area is 191 Å². The second-order valence-electron chi connectivity index (χ2n) is 8.03. The molecular formula is C23H32N2O4SSi. The molecule has 1 unspecified atom stereocenters. The van der Waals surface area contributed by atoms with Crippen LogP contribution in [0.4, 0.5) is 10.5 Å². The predicted octanol–water partition coefficient (Wildman–Crippen LogP) is 5.55. The lowest BCUT2D eigenvalue weighted by Crippen LogP contribution is -2.70. The zero-order valence-corrected chi connectivity index (χ0v) is 20.6. The van der Waals surface area contributed by atoms with E-state index in [1.54, 1.807) is 18.4 Å². The first-order valence-electron chi connectivity index (χ1n) is 11.1. The van der Waals surface area contributed by atoms with Crippen molar-refractivity contribution >= 4 is 38.8 Å². The number of imide groups is 1. The van der Waals surface area contributed by atoms with Gasteiger partial charge >= 0.3 is 6.03 Å². The van der Waals surface area contributed by atoms with Gasteiger partial charge in [-0.1, -0.05) is 45.9 Å². The van der Waals surface area contributed by atoms with Crippen molar-refractivity contribution in [1.29, 1.82) is 0 Å². The molecule has 6 nitrogen and oxygen atoms in total. The molecule has 2 aromatic rings. The smallest absolute Gasteiger partial charge is 0.413 e. The second kappa shape index (κ2) is 9.73. The number of furan rings is 1. The van der Waals surface area contributed by atoms with Gasteiger partial charge in [-0.05, 0) is 48.8 Å². The maximum Gasteiger partial charge on any atom is 0.413 e.